The number of likely N-dealkylation sites (tertiary alicyclic amines) is 1. The maximum atomic E-state index is 12.9. The second kappa shape index (κ2) is 6.17. The molecule has 27 heavy (non-hydrogen) atoms. The highest BCUT2D eigenvalue weighted by Crippen LogP contribution is 2.43. The zero-order chi connectivity index (χ0) is 18.4. The molecule has 3 aromatic rings. The SMILES string of the molecule is O=C(c1ccccc1Cl)N1CCC2(CC1)Nc1ccccc1-n1cccc12. The topological polar surface area (TPSA) is 37.3 Å². The van der Waals surface area contributed by atoms with Crippen molar-refractivity contribution in [2.75, 3.05) is 18.4 Å². The Morgan fingerprint density at radius 2 is 1.70 bits per heavy atom. The molecular formula is C22H20ClN3O. The van der Waals surface area contributed by atoms with E-state index in [1.807, 2.05) is 17.0 Å². The van der Waals surface area contributed by atoms with Crippen LogP contribution in [0.15, 0.2) is 66.9 Å². The van der Waals surface area contributed by atoms with Gasteiger partial charge in [-0.05, 0) is 49.2 Å². The van der Waals surface area contributed by atoms with Gasteiger partial charge in [0.05, 0.1) is 27.5 Å². The summed E-state index contributed by atoms with van der Waals surface area (Å²) < 4.78 is 2.28. The third-order valence-electron chi connectivity index (χ3n) is 5.79. The molecule has 1 amide bonds. The van der Waals surface area contributed by atoms with Gasteiger partial charge < -0.3 is 14.8 Å². The fourth-order valence-electron chi connectivity index (χ4n) is 4.37. The quantitative estimate of drug-likeness (QED) is 0.668. The predicted octanol–water partition coefficient (Wildman–Crippen LogP) is 4.69. The fraction of sp³-hybridized carbons (Fsp3) is 0.227. The summed E-state index contributed by atoms with van der Waals surface area (Å²) in [5.74, 6) is 0.0158. The normalized spacial score (nSPS) is 17.1. The van der Waals surface area contributed by atoms with Crippen molar-refractivity contribution in [3.63, 3.8) is 0 Å². The van der Waals surface area contributed by atoms with E-state index in [-0.39, 0.29) is 11.4 Å². The van der Waals surface area contributed by atoms with Gasteiger partial charge in [-0.3, -0.25) is 4.79 Å². The zero-order valence-electron chi connectivity index (χ0n) is 14.9. The van der Waals surface area contributed by atoms with E-state index in [0.29, 0.717) is 23.7 Å². The van der Waals surface area contributed by atoms with Gasteiger partial charge in [-0.25, -0.2) is 0 Å². The van der Waals surface area contributed by atoms with E-state index in [4.69, 9.17) is 11.6 Å². The first-order valence-corrected chi connectivity index (χ1v) is 9.65. The molecule has 2 aliphatic rings. The molecule has 1 saturated heterocycles. The fourth-order valence-corrected chi connectivity index (χ4v) is 4.59. The smallest absolute Gasteiger partial charge is 0.255 e. The van der Waals surface area contributed by atoms with Crippen molar-refractivity contribution in [2.45, 2.75) is 18.4 Å². The van der Waals surface area contributed by atoms with Crippen molar-refractivity contribution in [1.29, 1.82) is 0 Å². The molecular weight excluding hydrogens is 358 g/mol. The van der Waals surface area contributed by atoms with E-state index < -0.39 is 0 Å². The number of carbonyl (C=O) groups excluding carboxylic acids is 1. The minimum atomic E-state index is -0.144. The van der Waals surface area contributed by atoms with E-state index >= 15 is 0 Å². The number of benzene rings is 2. The Morgan fingerprint density at radius 1 is 0.963 bits per heavy atom. The average molecular weight is 378 g/mol. The number of rotatable bonds is 1. The first-order valence-electron chi connectivity index (χ1n) is 9.27. The van der Waals surface area contributed by atoms with Crippen LogP contribution >= 0.6 is 11.6 Å². The second-order valence-electron chi connectivity index (χ2n) is 7.26. The third-order valence-corrected chi connectivity index (χ3v) is 6.11. The average Bonchev–Trinajstić information content (AvgIpc) is 3.20. The van der Waals surface area contributed by atoms with Gasteiger partial charge in [0, 0.05) is 25.0 Å². The summed E-state index contributed by atoms with van der Waals surface area (Å²) in [7, 11) is 0. The monoisotopic (exact) mass is 377 g/mol. The van der Waals surface area contributed by atoms with Crippen LogP contribution < -0.4 is 5.32 Å². The van der Waals surface area contributed by atoms with Gasteiger partial charge >= 0.3 is 0 Å². The molecule has 4 nitrogen and oxygen atoms in total. The summed E-state index contributed by atoms with van der Waals surface area (Å²) in [6, 6.07) is 19.9. The molecule has 1 aromatic heterocycles. The summed E-state index contributed by atoms with van der Waals surface area (Å²) in [5.41, 5.74) is 4.03. The molecule has 1 fully saturated rings. The molecule has 5 rings (SSSR count). The Bertz CT molecular complexity index is 1020. The van der Waals surface area contributed by atoms with Crippen LogP contribution in [-0.2, 0) is 5.54 Å². The lowest BCUT2D eigenvalue weighted by molar-refractivity contribution is 0.0676. The van der Waals surface area contributed by atoms with Crippen molar-refractivity contribution in [3.05, 3.63) is 83.1 Å². The number of fused-ring (bicyclic) bond motifs is 4. The van der Waals surface area contributed by atoms with E-state index in [9.17, 15) is 4.79 Å². The molecule has 3 heterocycles. The molecule has 0 saturated carbocycles. The number of piperidine rings is 1. The molecule has 0 atom stereocenters. The lowest BCUT2D eigenvalue weighted by Gasteiger charge is -2.46. The van der Waals surface area contributed by atoms with Crippen LogP contribution in [0.5, 0.6) is 0 Å². The van der Waals surface area contributed by atoms with Crippen LogP contribution in [0.3, 0.4) is 0 Å². The molecule has 136 valence electrons. The number of anilines is 1. The third kappa shape index (κ3) is 2.55. The van der Waals surface area contributed by atoms with Crippen LogP contribution in [0.1, 0.15) is 28.9 Å². The van der Waals surface area contributed by atoms with Crippen molar-refractivity contribution in [1.82, 2.24) is 9.47 Å². The molecule has 5 heteroatoms. The predicted molar refractivity (Wildman–Crippen MR) is 108 cm³/mol. The van der Waals surface area contributed by atoms with Crippen LogP contribution in [0.2, 0.25) is 5.02 Å². The number of carbonyl (C=O) groups is 1. The lowest BCUT2D eigenvalue weighted by atomic mass is 9.82. The van der Waals surface area contributed by atoms with Gasteiger partial charge in [0.2, 0.25) is 0 Å². The number of hydrogen-bond acceptors (Lipinski definition) is 2. The summed E-state index contributed by atoms with van der Waals surface area (Å²) in [4.78, 5) is 14.8. The Morgan fingerprint density at radius 3 is 2.52 bits per heavy atom. The van der Waals surface area contributed by atoms with Gasteiger partial charge in [-0.2, -0.15) is 0 Å². The maximum absolute atomic E-state index is 12.9. The maximum Gasteiger partial charge on any atom is 0.255 e. The van der Waals surface area contributed by atoms with Gasteiger partial charge in [0.25, 0.3) is 5.91 Å². The molecule has 0 bridgehead atoms. The highest BCUT2D eigenvalue weighted by molar-refractivity contribution is 6.33. The molecule has 2 aromatic carbocycles. The summed E-state index contributed by atoms with van der Waals surface area (Å²) in [5, 5.41) is 4.30. The van der Waals surface area contributed by atoms with Crippen molar-refractivity contribution in [3.8, 4) is 5.69 Å². The Hall–Kier alpha value is -2.72. The number of nitrogens with zero attached hydrogens (tertiary/aromatic N) is 2. The van der Waals surface area contributed by atoms with Crippen molar-refractivity contribution < 1.29 is 4.79 Å². The molecule has 0 unspecified atom stereocenters. The Labute approximate surface area is 163 Å². The van der Waals surface area contributed by atoms with Gasteiger partial charge in [0.15, 0.2) is 0 Å². The number of para-hydroxylation sites is 2. The molecule has 2 aliphatic heterocycles. The van der Waals surface area contributed by atoms with Crippen LogP contribution in [0.25, 0.3) is 5.69 Å². The summed E-state index contributed by atoms with van der Waals surface area (Å²) in [6.07, 6.45) is 3.85. The first kappa shape index (κ1) is 16.5. The molecule has 0 radical (unpaired) electrons. The largest absolute Gasteiger partial charge is 0.372 e. The Balaban J connectivity index is 1.42. The number of halogens is 1. The van der Waals surface area contributed by atoms with Crippen molar-refractivity contribution >= 4 is 23.2 Å². The van der Waals surface area contributed by atoms with E-state index in [1.165, 1.54) is 11.4 Å². The van der Waals surface area contributed by atoms with E-state index in [1.54, 1.807) is 12.1 Å². The number of amides is 1. The minimum Gasteiger partial charge on any atom is -0.372 e. The zero-order valence-corrected chi connectivity index (χ0v) is 15.6. The van der Waals surface area contributed by atoms with Crippen molar-refractivity contribution in [2.24, 2.45) is 0 Å². The first-order chi connectivity index (χ1) is 13.2. The van der Waals surface area contributed by atoms with Crippen LogP contribution in [-0.4, -0.2) is 28.5 Å². The molecule has 0 aliphatic carbocycles. The number of aromatic nitrogens is 1. The van der Waals surface area contributed by atoms with Gasteiger partial charge in [0.1, 0.15) is 0 Å². The van der Waals surface area contributed by atoms with Gasteiger partial charge in [-0.15, -0.1) is 0 Å². The highest BCUT2D eigenvalue weighted by atomic mass is 35.5. The molecule has 1 N–H and O–H groups in total. The Kier molecular flexibility index (Phi) is 3.76. The van der Waals surface area contributed by atoms with E-state index in [2.05, 4.69) is 52.5 Å². The van der Waals surface area contributed by atoms with Crippen LogP contribution in [0.4, 0.5) is 5.69 Å². The number of nitrogens with one attached hydrogen (secondary N) is 1. The summed E-state index contributed by atoms with van der Waals surface area (Å²) >= 11 is 6.23. The summed E-state index contributed by atoms with van der Waals surface area (Å²) in [6.45, 7) is 1.40. The van der Waals surface area contributed by atoms with Gasteiger partial charge in [-0.1, -0.05) is 35.9 Å². The highest BCUT2D eigenvalue weighted by Gasteiger charge is 2.42. The lowest BCUT2D eigenvalue weighted by Crippen LogP contribution is -2.51. The van der Waals surface area contributed by atoms with E-state index in [0.717, 1.165) is 18.5 Å². The standard InChI is InChI=1S/C22H20ClN3O/c23-17-7-2-1-6-16(17)21(27)25-14-11-22(12-15-25)20-10-5-13-26(20)19-9-4-3-8-18(19)24-22/h1-10,13,24H,11-12,14-15H2. The van der Waals surface area contributed by atoms with Crippen LogP contribution in [0, 0.1) is 0 Å². The number of hydrogen-bond donors (Lipinski definition) is 1. The minimum absolute atomic E-state index is 0.0158. The second-order valence-corrected chi connectivity index (χ2v) is 7.67. The molecule has 1 spiro atoms.